The molecule has 1 fully saturated rings. The summed E-state index contributed by atoms with van der Waals surface area (Å²) in [5, 5.41) is 4.14. The number of nitrogens with zero attached hydrogens (tertiary/aromatic N) is 2. The largest absolute Gasteiger partial charge is 0.313 e. The number of rotatable bonds is 6. The average molecular weight is 268 g/mol. The lowest BCUT2D eigenvalue weighted by Crippen LogP contribution is -2.37. The van der Waals surface area contributed by atoms with Crippen LogP contribution in [-0.2, 0) is 6.54 Å². The Labute approximate surface area is 115 Å². The lowest BCUT2D eigenvalue weighted by atomic mass is 10.2. The fourth-order valence-corrected chi connectivity index (χ4v) is 2.72. The third-order valence-electron chi connectivity index (χ3n) is 3.34. The minimum Gasteiger partial charge on any atom is -0.313 e. The monoisotopic (exact) mass is 267 g/mol. The highest BCUT2D eigenvalue weighted by Crippen LogP contribution is 2.11. The van der Waals surface area contributed by atoms with Gasteiger partial charge in [-0.25, -0.2) is 4.98 Å². The Morgan fingerprint density at radius 2 is 2.39 bits per heavy atom. The normalized spacial score (nSPS) is 19.6. The number of nitrogens with one attached hydrogen (secondary N) is 1. The van der Waals surface area contributed by atoms with E-state index in [9.17, 15) is 0 Å². The molecule has 0 amide bonds. The molecule has 2 rings (SSSR count). The number of hydrogen-bond acceptors (Lipinski definition) is 3. The second-order valence-electron chi connectivity index (χ2n) is 4.98. The minimum absolute atomic E-state index is 0.586. The van der Waals surface area contributed by atoms with Crippen molar-refractivity contribution in [2.24, 2.45) is 0 Å². The van der Waals surface area contributed by atoms with Crippen LogP contribution in [0.1, 0.15) is 31.9 Å². The van der Waals surface area contributed by atoms with Crippen molar-refractivity contribution in [2.45, 2.75) is 38.8 Å². The summed E-state index contributed by atoms with van der Waals surface area (Å²) < 4.78 is 0. The topological polar surface area (TPSA) is 28.2 Å². The van der Waals surface area contributed by atoms with Crippen molar-refractivity contribution in [3.63, 3.8) is 0 Å². The Bertz CT molecular complexity index is 364. The Kier molecular flexibility index (Phi) is 5.42. The Morgan fingerprint density at radius 3 is 3.06 bits per heavy atom. The van der Waals surface area contributed by atoms with Gasteiger partial charge in [0.1, 0.15) is 5.15 Å². The van der Waals surface area contributed by atoms with Crippen LogP contribution in [0.25, 0.3) is 0 Å². The molecule has 2 heterocycles. The van der Waals surface area contributed by atoms with Crippen molar-refractivity contribution < 1.29 is 0 Å². The molecule has 18 heavy (non-hydrogen) atoms. The van der Waals surface area contributed by atoms with Crippen LogP contribution in [0.3, 0.4) is 0 Å². The van der Waals surface area contributed by atoms with Gasteiger partial charge in [0.25, 0.3) is 0 Å². The van der Waals surface area contributed by atoms with Crippen molar-refractivity contribution in [3.05, 3.63) is 29.0 Å². The molecular weight excluding hydrogens is 246 g/mol. The van der Waals surface area contributed by atoms with Crippen LogP contribution in [0.5, 0.6) is 0 Å². The second kappa shape index (κ2) is 7.07. The van der Waals surface area contributed by atoms with E-state index in [0.717, 1.165) is 25.3 Å². The van der Waals surface area contributed by atoms with E-state index in [0.29, 0.717) is 11.2 Å². The molecule has 1 N–H and O–H groups in total. The maximum Gasteiger partial charge on any atom is 0.129 e. The highest BCUT2D eigenvalue weighted by atomic mass is 35.5. The van der Waals surface area contributed by atoms with E-state index in [1.54, 1.807) is 0 Å². The van der Waals surface area contributed by atoms with Crippen LogP contribution in [0.4, 0.5) is 0 Å². The van der Waals surface area contributed by atoms with Crippen LogP contribution in [0.2, 0.25) is 5.15 Å². The predicted octanol–water partition coefficient (Wildman–Crippen LogP) is 2.70. The zero-order valence-corrected chi connectivity index (χ0v) is 11.8. The van der Waals surface area contributed by atoms with E-state index < -0.39 is 0 Å². The standard InChI is InChI=1S/C14H22ClN3/c1-2-9-18(10-12-6-4-8-16-12)11-13-5-3-7-14(15)17-13/h3,5,7,12,16H,2,4,6,8-11H2,1H3. The maximum absolute atomic E-state index is 5.93. The van der Waals surface area contributed by atoms with Gasteiger partial charge in [-0.1, -0.05) is 24.6 Å². The summed E-state index contributed by atoms with van der Waals surface area (Å²) in [6.07, 6.45) is 3.77. The van der Waals surface area contributed by atoms with Gasteiger partial charge in [0, 0.05) is 19.1 Å². The van der Waals surface area contributed by atoms with Crippen LogP contribution >= 0.6 is 11.6 Å². The molecule has 0 bridgehead atoms. The fourth-order valence-electron chi connectivity index (χ4n) is 2.54. The Hall–Kier alpha value is -0.640. The predicted molar refractivity (Wildman–Crippen MR) is 75.8 cm³/mol. The van der Waals surface area contributed by atoms with Gasteiger partial charge >= 0.3 is 0 Å². The maximum atomic E-state index is 5.93. The number of pyridine rings is 1. The number of halogens is 1. The summed E-state index contributed by atoms with van der Waals surface area (Å²) >= 11 is 5.93. The molecule has 1 atom stereocenters. The van der Waals surface area contributed by atoms with Crippen molar-refractivity contribution in [3.8, 4) is 0 Å². The van der Waals surface area contributed by atoms with E-state index in [4.69, 9.17) is 11.6 Å². The van der Waals surface area contributed by atoms with E-state index in [1.165, 1.54) is 25.8 Å². The molecule has 1 unspecified atom stereocenters. The quantitative estimate of drug-likeness (QED) is 0.804. The molecule has 0 aliphatic carbocycles. The molecule has 4 heteroatoms. The van der Waals surface area contributed by atoms with E-state index >= 15 is 0 Å². The molecular formula is C14H22ClN3. The molecule has 1 saturated heterocycles. The van der Waals surface area contributed by atoms with Gasteiger partial charge in [-0.2, -0.15) is 0 Å². The third-order valence-corrected chi connectivity index (χ3v) is 3.55. The smallest absolute Gasteiger partial charge is 0.129 e. The zero-order chi connectivity index (χ0) is 12.8. The van der Waals surface area contributed by atoms with Crippen molar-refractivity contribution >= 4 is 11.6 Å². The molecule has 0 aromatic carbocycles. The zero-order valence-electron chi connectivity index (χ0n) is 11.0. The van der Waals surface area contributed by atoms with Gasteiger partial charge in [-0.05, 0) is 44.5 Å². The van der Waals surface area contributed by atoms with Crippen LogP contribution in [0, 0.1) is 0 Å². The molecule has 0 spiro atoms. The molecule has 1 aliphatic rings. The molecule has 1 aliphatic heterocycles. The fraction of sp³-hybridized carbons (Fsp3) is 0.643. The summed E-state index contributed by atoms with van der Waals surface area (Å²) in [6.45, 7) is 6.52. The first-order valence-corrected chi connectivity index (χ1v) is 7.23. The molecule has 3 nitrogen and oxygen atoms in total. The van der Waals surface area contributed by atoms with Gasteiger partial charge in [-0.3, -0.25) is 4.90 Å². The van der Waals surface area contributed by atoms with Crippen molar-refractivity contribution in [1.29, 1.82) is 0 Å². The van der Waals surface area contributed by atoms with Crippen LogP contribution in [0.15, 0.2) is 18.2 Å². The van der Waals surface area contributed by atoms with Gasteiger partial charge < -0.3 is 5.32 Å². The van der Waals surface area contributed by atoms with E-state index in [1.807, 2.05) is 12.1 Å². The van der Waals surface area contributed by atoms with E-state index in [-0.39, 0.29) is 0 Å². The number of hydrogen-bond donors (Lipinski definition) is 1. The first-order chi connectivity index (χ1) is 8.78. The first-order valence-electron chi connectivity index (χ1n) is 6.85. The highest BCUT2D eigenvalue weighted by Gasteiger charge is 2.17. The minimum atomic E-state index is 0.586. The molecule has 1 aromatic heterocycles. The highest BCUT2D eigenvalue weighted by molar-refractivity contribution is 6.29. The van der Waals surface area contributed by atoms with Crippen LogP contribution in [-0.4, -0.2) is 35.6 Å². The van der Waals surface area contributed by atoms with E-state index in [2.05, 4.69) is 28.2 Å². The SMILES string of the molecule is CCCN(Cc1cccc(Cl)n1)CC1CCCN1. The summed E-state index contributed by atoms with van der Waals surface area (Å²) in [6, 6.07) is 6.50. The van der Waals surface area contributed by atoms with Gasteiger partial charge in [0.05, 0.1) is 5.69 Å². The van der Waals surface area contributed by atoms with Crippen molar-refractivity contribution in [2.75, 3.05) is 19.6 Å². The third kappa shape index (κ3) is 4.23. The Balaban J connectivity index is 1.92. The van der Waals surface area contributed by atoms with Gasteiger partial charge in [0.2, 0.25) is 0 Å². The van der Waals surface area contributed by atoms with Gasteiger partial charge in [0.15, 0.2) is 0 Å². The lowest BCUT2D eigenvalue weighted by molar-refractivity contribution is 0.239. The Morgan fingerprint density at radius 1 is 1.50 bits per heavy atom. The number of aromatic nitrogens is 1. The molecule has 100 valence electrons. The lowest BCUT2D eigenvalue weighted by Gasteiger charge is -2.24. The average Bonchev–Trinajstić information content (AvgIpc) is 2.82. The van der Waals surface area contributed by atoms with Crippen molar-refractivity contribution in [1.82, 2.24) is 15.2 Å². The summed E-state index contributed by atoms with van der Waals surface area (Å²) in [5.41, 5.74) is 1.06. The summed E-state index contributed by atoms with van der Waals surface area (Å²) in [5.74, 6) is 0. The molecule has 0 saturated carbocycles. The first kappa shape index (κ1) is 13.8. The second-order valence-corrected chi connectivity index (χ2v) is 5.37. The van der Waals surface area contributed by atoms with Crippen LogP contribution < -0.4 is 5.32 Å². The summed E-state index contributed by atoms with van der Waals surface area (Å²) in [4.78, 5) is 6.85. The summed E-state index contributed by atoms with van der Waals surface area (Å²) in [7, 11) is 0. The van der Waals surface area contributed by atoms with Gasteiger partial charge in [-0.15, -0.1) is 0 Å². The molecule has 0 radical (unpaired) electrons. The molecule has 1 aromatic rings.